The van der Waals surface area contributed by atoms with E-state index in [9.17, 15) is 13.2 Å². The van der Waals surface area contributed by atoms with Crippen LogP contribution in [0, 0.1) is 5.92 Å². The molecule has 23 heavy (non-hydrogen) atoms. The Bertz CT molecular complexity index is 710. The van der Waals surface area contributed by atoms with Crippen molar-refractivity contribution in [1.82, 2.24) is 0 Å². The van der Waals surface area contributed by atoms with Crippen LogP contribution in [0.25, 0.3) is 0 Å². The summed E-state index contributed by atoms with van der Waals surface area (Å²) in [5, 5.41) is 0. The summed E-state index contributed by atoms with van der Waals surface area (Å²) >= 11 is 0. The summed E-state index contributed by atoms with van der Waals surface area (Å²) < 4.78 is 29.0. The molecule has 2 atom stereocenters. The zero-order valence-electron chi connectivity index (χ0n) is 12.8. The molecule has 3 aliphatic rings. The number of carbonyl (C=O) groups is 1. The molecule has 0 aliphatic carbocycles. The van der Waals surface area contributed by atoms with Crippen molar-refractivity contribution in [2.24, 2.45) is 5.92 Å². The molecule has 3 heterocycles. The van der Waals surface area contributed by atoms with Gasteiger partial charge in [0, 0.05) is 36.8 Å². The Labute approximate surface area is 135 Å². The zero-order chi connectivity index (χ0) is 16.0. The second kappa shape index (κ2) is 5.49. The van der Waals surface area contributed by atoms with Gasteiger partial charge in [0.2, 0.25) is 5.91 Å². The molecule has 3 fully saturated rings. The number of morpholine rings is 1. The van der Waals surface area contributed by atoms with Crippen LogP contribution in [0.2, 0.25) is 0 Å². The van der Waals surface area contributed by atoms with Crippen LogP contribution in [0.5, 0.6) is 0 Å². The average Bonchev–Trinajstić information content (AvgIpc) is 2.98. The molecule has 1 aromatic carbocycles. The minimum absolute atomic E-state index is 0.0361. The Kier molecular flexibility index (Phi) is 3.57. The maximum atomic E-state index is 12.3. The fourth-order valence-electron chi connectivity index (χ4n) is 3.87. The first kappa shape index (κ1) is 15.0. The molecule has 0 saturated carbocycles. The van der Waals surface area contributed by atoms with Crippen molar-refractivity contribution in [2.45, 2.75) is 12.5 Å². The van der Waals surface area contributed by atoms with E-state index in [1.54, 1.807) is 4.90 Å². The maximum absolute atomic E-state index is 12.3. The Morgan fingerprint density at radius 2 is 1.65 bits per heavy atom. The van der Waals surface area contributed by atoms with E-state index in [0.29, 0.717) is 6.42 Å². The molecular weight excluding hydrogens is 316 g/mol. The number of carbonyl (C=O) groups excluding carboxylic acids is 1. The van der Waals surface area contributed by atoms with Crippen LogP contribution in [0.4, 0.5) is 11.4 Å². The summed E-state index contributed by atoms with van der Waals surface area (Å²) in [6, 6.07) is 7.67. The molecule has 124 valence electrons. The molecule has 0 N–H and O–H groups in total. The second-order valence-electron chi connectivity index (χ2n) is 6.49. The van der Waals surface area contributed by atoms with Crippen molar-refractivity contribution in [3.8, 4) is 0 Å². The van der Waals surface area contributed by atoms with Crippen LogP contribution < -0.4 is 9.80 Å². The lowest BCUT2D eigenvalue weighted by atomic mass is 10.0. The third-order valence-corrected chi connectivity index (χ3v) is 6.76. The van der Waals surface area contributed by atoms with E-state index in [-0.39, 0.29) is 29.4 Å². The van der Waals surface area contributed by atoms with Crippen LogP contribution >= 0.6 is 0 Å². The van der Waals surface area contributed by atoms with E-state index >= 15 is 0 Å². The summed E-state index contributed by atoms with van der Waals surface area (Å²) in [6.07, 6.45) is 0.342. The van der Waals surface area contributed by atoms with Gasteiger partial charge in [-0.05, 0) is 24.3 Å². The van der Waals surface area contributed by atoms with Gasteiger partial charge < -0.3 is 14.5 Å². The minimum Gasteiger partial charge on any atom is -0.378 e. The summed E-state index contributed by atoms with van der Waals surface area (Å²) in [5.74, 6) is 0.223. The molecule has 1 aromatic rings. The molecule has 0 aromatic heterocycles. The maximum Gasteiger partial charge on any atom is 0.227 e. The highest BCUT2D eigenvalue weighted by Gasteiger charge is 2.49. The minimum atomic E-state index is -3.01. The number of fused-ring (bicyclic) bond motifs is 1. The van der Waals surface area contributed by atoms with Crippen LogP contribution in [0.1, 0.15) is 6.42 Å². The molecule has 6 nitrogen and oxygen atoms in total. The van der Waals surface area contributed by atoms with Gasteiger partial charge in [0.05, 0.1) is 30.8 Å². The summed E-state index contributed by atoms with van der Waals surface area (Å²) in [7, 11) is -3.01. The number of anilines is 2. The normalized spacial score (nSPS) is 29.8. The number of hydrogen-bond acceptors (Lipinski definition) is 5. The Balaban J connectivity index is 1.56. The zero-order valence-corrected chi connectivity index (χ0v) is 13.7. The highest BCUT2D eigenvalue weighted by atomic mass is 32.2. The van der Waals surface area contributed by atoms with E-state index in [0.717, 1.165) is 37.7 Å². The van der Waals surface area contributed by atoms with Gasteiger partial charge in [-0.2, -0.15) is 0 Å². The fourth-order valence-corrected chi connectivity index (χ4v) is 5.94. The second-order valence-corrected chi connectivity index (χ2v) is 8.64. The number of amides is 1. The van der Waals surface area contributed by atoms with Gasteiger partial charge in [-0.3, -0.25) is 4.79 Å². The molecule has 3 aliphatic heterocycles. The van der Waals surface area contributed by atoms with Crippen LogP contribution in [-0.2, 0) is 19.4 Å². The first-order valence-corrected chi connectivity index (χ1v) is 9.81. The molecule has 0 unspecified atom stereocenters. The van der Waals surface area contributed by atoms with Crippen LogP contribution in [0.15, 0.2) is 24.3 Å². The lowest BCUT2D eigenvalue weighted by molar-refractivity contribution is -0.117. The first-order valence-electron chi connectivity index (χ1n) is 7.99. The Morgan fingerprint density at radius 3 is 2.35 bits per heavy atom. The molecule has 0 radical (unpaired) electrons. The smallest absolute Gasteiger partial charge is 0.227 e. The average molecular weight is 336 g/mol. The van der Waals surface area contributed by atoms with Crippen LogP contribution in [-0.4, -0.2) is 58.2 Å². The van der Waals surface area contributed by atoms with E-state index in [1.165, 1.54) is 0 Å². The van der Waals surface area contributed by atoms with Gasteiger partial charge in [-0.15, -0.1) is 0 Å². The van der Waals surface area contributed by atoms with Crippen molar-refractivity contribution in [1.29, 1.82) is 0 Å². The summed E-state index contributed by atoms with van der Waals surface area (Å²) in [6.45, 7) is 3.19. The van der Waals surface area contributed by atoms with Gasteiger partial charge in [0.25, 0.3) is 0 Å². The van der Waals surface area contributed by atoms with E-state index in [4.69, 9.17) is 4.74 Å². The van der Waals surface area contributed by atoms with Gasteiger partial charge in [0.1, 0.15) is 0 Å². The summed E-state index contributed by atoms with van der Waals surface area (Å²) in [5.41, 5.74) is 1.91. The largest absolute Gasteiger partial charge is 0.378 e. The number of ether oxygens (including phenoxy) is 1. The van der Waals surface area contributed by atoms with Gasteiger partial charge in [0.15, 0.2) is 9.84 Å². The van der Waals surface area contributed by atoms with Crippen molar-refractivity contribution < 1.29 is 17.9 Å². The third-order valence-electron chi connectivity index (χ3n) is 4.98. The number of benzene rings is 1. The molecule has 3 saturated heterocycles. The molecule has 4 rings (SSSR count). The number of rotatable bonds is 2. The fraction of sp³-hybridized carbons (Fsp3) is 0.562. The van der Waals surface area contributed by atoms with Crippen molar-refractivity contribution in [3.05, 3.63) is 24.3 Å². The molecule has 7 heteroatoms. The van der Waals surface area contributed by atoms with Crippen molar-refractivity contribution in [3.63, 3.8) is 0 Å². The monoisotopic (exact) mass is 336 g/mol. The van der Waals surface area contributed by atoms with Gasteiger partial charge >= 0.3 is 0 Å². The quantitative estimate of drug-likeness (QED) is 0.794. The van der Waals surface area contributed by atoms with E-state index < -0.39 is 9.84 Å². The van der Waals surface area contributed by atoms with E-state index in [2.05, 4.69) is 4.90 Å². The molecule has 0 bridgehead atoms. The first-order chi connectivity index (χ1) is 11.0. The van der Waals surface area contributed by atoms with Crippen molar-refractivity contribution in [2.75, 3.05) is 47.6 Å². The van der Waals surface area contributed by atoms with Crippen LogP contribution in [0.3, 0.4) is 0 Å². The Hall–Kier alpha value is -1.60. The van der Waals surface area contributed by atoms with E-state index in [1.807, 2.05) is 24.3 Å². The lowest BCUT2D eigenvalue weighted by Crippen LogP contribution is -2.37. The topological polar surface area (TPSA) is 66.9 Å². The SMILES string of the molecule is O=C1C[C@H]2CS(=O)(=O)C[C@H]2N1c1ccc(N2CCOCC2)cc1. The predicted octanol–water partition coefficient (Wildman–Crippen LogP) is 0.673. The number of sulfone groups is 1. The lowest BCUT2D eigenvalue weighted by Gasteiger charge is -2.29. The molecule has 1 amide bonds. The molecular formula is C16H20N2O4S. The highest BCUT2D eigenvalue weighted by Crippen LogP contribution is 2.37. The number of nitrogens with zero attached hydrogens (tertiary/aromatic N) is 2. The Morgan fingerprint density at radius 1 is 1.00 bits per heavy atom. The summed E-state index contributed by atoms with van der Waals surface area (Å²) in [4.78, 5) is 16.2. The number of hydrogen-bond donors (Lipinski definition) is 0. The third kappa shape index (κ3) is 2.72. The van der Waals surface area contributed by atoms with Crippen molar-refractivity contribution >= 4 is 27.1 Å². The van der Waals surface area contributed by atoms with Gasteiger partial charge in [-0.25, -0.2) is 8.42 Å². The van der Waals surface area contributed by atoms with Gasteiger partial charge in [-0.1, -0.05) is 0 Å². The molecule has 0 spiro atoms. The standard InChI is InChI=1S/C16H20N2O4S/c19-16-9-12-10-23(20,21)11-15(12)18(16)14-3-1-13(2-4-14)17-5-7-22-8-6-17/h1-4,12,15H,5-11H2/t12-,15+/m0/s1. The highest BCUT2D eigenvalue weighted by molar-refractivity contribution is 7.91. The predicted molar refractivity (Wildman–Crippen MR) is 87.5 cm³/mol.